The van der Waals surface area contributed by atoms with Crippen molar-refractivity contribution in [2.45, 2.75) is 51.9 Å². The monoisotopic (exact) mass is 214 g/mol. The van der Waals surface area contributed by atoms with Gasteiger partial charge < -0.3 is 0 Å². The van der Waals surface area contributed by atoms with Crippen LogP contribution in [0.2, 0.25) is 0 Å². The first-order chi connectivity index (χ1) is 7.92. The molecule has 1 aromatic rings. The third kappa shape index (κ3) is 2.75. The van der Waals surface area contributed by atoms with Gasteiger partial charge in [-0.1, -0.05) is 63.0 Å². The molecule has 16 heavy (non-hydrogen) atoms. The zero-order chi connectivity index (χ0) is 11.2. The molecule has 1 aliphatic carbocycles. The molecule has 1 aliphatic rings. The molecule has 0 fully saturated rings. The van der Waals surface area contributed by atoms with Gasteiger partial charge in [-0.3, -0.25) is 0 Å². The Balaban J connectivity index is 1.85. The lowest BCUT2D eigenvalue weighted by Gasteiger charge is -2.07. The van der Waals surface area contributed by atoms with Crippen LogP contribution in [-0.4, -0.2) is 0 Å². The predicted octanol–water partition coefficient (Wildman–Crippen LogP) is 4.77. The highest BCUT2D eigenvalue weighted by Gasteiger charge is 2.08. The Morgan fingerprint density at radius 2 is 1.94 bits per heavy atom. The van der Waals surface area contributed by atoms with Crippen LogP contribution in [0.5, 0.6) is 0 Å². The van der Waals surface area contributed by atoms with Crippen LogP contribution in [0.4, 0.5) is 0 Å². The van der Waals surface area contributed by atoms with Gasteiger partial charge in [0.05, 0.1) is 0 Å². The molecule has 0 aromatic heterocycles. The third-order valence-corrected chi connectivity index (χ3v) is 3.46. The first kappa shape index (κ1) is 11.4. The summed E-state index contributed by atoms with van der Waals surface area (Å²) < 4.78 is 0. The lowest BCUT2D eigenvalue weighted by molar-refractivity contribution is 0.632. The number of aryl methyl sites for hydroxylation is 1. The largest absolute Gasteiger partial charge is 0.0795 e. The average Bonchev–Trinajstić information content (AvgIpc) is 2.77. The van der Waals surface area contributed by atoms with E-state index in [1.165, 1.54) is 49.7 Å². The molecule has 0 saturated carbocycles. The van der Waals surface area contributed by atoms with Gasteiger partial charge in [0.25, 0.3) is 0 Å². The van der Waals surface area contributed by atoms with Gasteiger partial charge in [-0.15, -0.1) is 0 Å². The van der Waals surface area contributed by atoms with E-state index in [0.29, 0.717) is 0 Å². The Kier molecular flexibility index (Phi) is 4.21. The molecular formula is C16H22. The predicted molar refractivity (Wildman–Crippen MR) is 71.6 cm³/mol. The highest BCUT2D eigenvalue weighted by atomic mass is 14.1. The summed E-state index contributed by atoms with van der Waals surface area (Å²) in [5.41, 5.74) is 4.59. The van der Waals surface area contributed by atoms with E-state index >= 15 is 0 Å². The smallest absolute Gasteiger partial charge is 0.00881 e. The fourth-order valence-electron chi connectivity index (χ4n) is 2.50. The summed E-state index contributed by atoms with van der Waals surface area (Å²) >= 11 is 0. The van der Waals surface area contributed by atoms with Crippen molar-refractivity contribution in [2.24, 2.45) is 0 Å². The average molecular weight is 214 g/mol. The first-order valence-electron chi connectivity index (χ1n) is 6.69. The second kappa shape index (κ2) is 5.89. The molecule has 0 atom stereocenters. The third-order valence-electron chi connectivity index (χ3n) is 3.46. The molecule has 1 aromatic carbocycles. The van der Waals surface area contributed by atoms with E-state index < -0.39 is 0 Å². The Labute approximate surface area is 99.4 Å². The van der Waals surface area contributed by atoms with Crippen LogP contribution in [0, 0.1) is 0 Å². The number of fused-ring (bicyclic) bond motifs is 1. The van der Waals surface area contributed by atoms with Crippen LogP contribution >= 0.6 is 0 Å². The van der Waals surface area contributed by atoms with Gasteiger partial charge in [-0.05, 0) is 36.0 Å². The van der Waals surface area contributed by atoms with Gasteiger partial charge in [0.1, 0.15) is 0 Å². The second-order valence-corrected chi connectivity index (χ2v) is 4.76. The summed E-state index contributed by atoms with van der Waals surface area (Å²) in [4.78, 5) is 0. The highest BCUT2D eigenvalue weighted by Crippen LogP contribution is 2.24. The van der Waals surface area contributed by atoms with Gasteiger partial charge in [0.2, 0.25) is 0 Å². The second-order valence-electron chi connectivity index (χ2n) is 4.76. The molecule has 0 heteroatoms. The summed E-state index contributed by atoms with van der Waals surface area (Å²) in [5, 5.41) is 0. The van der Waals surface area contributed by atoms with Gasteiger partial charge in [0, 0.05) is 0 Å². The lowest BCUT2D eigenvalue weighted by atomic mass is 9.98. The number of unbranched alkanes of at least 4 members (excludes halogenated alkanes) is 4. The molecule has 0 radical (unpaired) electrons. The molecular weight excluding hydrogens is 192 g/mol. The van der Waals surface area contributed by atoms with Crippen molar-refractivity contribution in [3.05, 3.63) is 41.0 Å². The number of benzene rings is 1. The SMILES string of the molecule is CCCCCCCc1cccc2c1C=CC2. The maximum absolute atomic E-state index is 2.30. The van der Waals surface area contributed by atoms with E-state index in [1.807, 2.05) is 0 Å². The Bertz CT molecular complexity index is 360. The quantitative estimate of drug-likeness (QED) is 0.598. The van der Waals surface area contributed by atoms with E-state index in [1.54, 1.807) is 5.56 Å². The molecule has 0 bridgehead atoms. The van der Waals surface area contributed by atoms with Crippen LogP contribution in [0.1, 0.15) is 55.7 Å². The number of hydrogen-bond donors (Lipinski definition) is 0. The van der Waals surface area contributed by atoms with E-state index in [-0.39, 0.29) is 0 Å². The van der Waals surface area contributed by atoms with E-state index in [9.17, 15) is 0 Å². The van der Waals surface area contributed by atoms with Gasteiger partial charge >= 0.3 is 0 Å². The standard InChI is InChI=1S/C16H22/c1-2-3-4-5-6-9-14-10-7-11-15-12-8-13-16(14)15/h7-8,10-11,13H,2-6,9,12H2,1H3. The van der Waals surface area contributed by atoms with Crippen molar-refractivity contribution < 1.29 is 0 Å². The zero-order valence-corrected chi connectivity index (χ0v) is 10.3. The fraction of sp³-hybridized carbons (Fsp3) is 0.500. The van der Waals surface area contributed by atoms with Crippen LogP contribution in [0.25, 0.3) is 6.08 Å². The summed E-state index contributed by atoms with van der Waals surface area (Å²) in [6.07, 6.45) is 13.9. The van der Waals surface area contributed by atoms with Crippen molar-refractivity contribution in [1.82, 2.24) is 0 Å². The number of allylic oxidation sites excluding steroid dienone is 1. The van der Waals surface area contributed by atoms with Crippen LogP contribution in [0.3, 0.4) is 0 Å². The minimum atomic E-state index is 1.14. The highest BCUT2D eigenvalue weighted by molar-refractivity contribution is 5.63. The van der Waals surface area contributed by atoms with Gasteiger partial charge in [0.15, 0.2) is 0 Å². The molecule has 0 aliphatic heterocycles. The van der Waals surface area contributed by atoms with Crippen molar-refractivity contribution in [1.29, 1.82) is 0 Å². The van der Waals surface area contributed by atoms with Crippen molar-refractivity contribution in [3.63, 3.8) is 0 Å². The topological polar surface area (TPSA) is 0 Å². The molecule has 0 amide bonds. The molecule has 2 rings (SSSR count). The fourth-order valence-corrected chi connectivity index (χ4v) is 2.50. The van der Waals surface area contributed by atoms with Gasteiger partial charge in [-0.25, -0.2) is 0 Å². The van der Waals surface area contributed by atoms with Gasteiger partial charge in [-0.2, -0.15) is 0 Å². The van der Waals surface area contributed by atoms with Crippen molar-refractivity contribution in [2.75, 3.05) is 0 Å². The van der Waals surface area contributed by atoms with Crippen molar-refractivity contribution in [3.8, 4) is 0 Å². The normalized spacial score (nSPS) is 13.1. The molecule has 0 nitrogen and oxygen atoms in total. The molecule has 0 spiro atoms. The number of hydrogen-bond acceptors (Lipinski definition) is 0. The summed E-state index contributed by atoms with van der Waals surface area (Å²) in [6.45, 7) is 2.27. The molecule has 0 unspecified atom stereocenters. The van der Waals surface area contributed by atoms with E-state index in [0.717, 1.165) is 6.42 Å². The van der Waals surface area contributed by atoms with Crippen LogP contribution < -0.4 is 0 Å². The molecule has 0 heterocycles. The maximum Gasteiger partial charge on any atom is -0.00881 e. The van der Waals surface area contributed by atoms with E-state index in [2.05, 4.69) is 37.3 Å². The summed E-state index contributed by atoms with van der Waals surface area (Å²) in [5.74, 6) is 0. The zero-order valence-electron chi connectivity index (χ0n) is 10.3. The molecule has 0 saturated heterocycles. The maximum atomic E-state index is 2.30. The van der Waals surface area contributed by atoms with Crippen LogP contribution in [-0.2, 0) is 12.8 Å². The minimum absolute atomic E-state index is 1.14. The Morgan fingerprint density at radius 3 is 2.81 bits per heavy atom. The summed E-state index contributed by atoms with van der Waals surface area (Å²) in [7, 11) is 0. The first-order valence-corrected chi connectivity index (χ1v) is 6.69. The lowest BCUT2D eigenvalue weighted by Crippen LogP contribution is -1.92. The minimum Gasteiger partial charge on any atom is -0.0795 e. The number of rotatable bonds is 6. The Hall–Kier alpha value is -1.04. The van der Waals surface area contributed by atoms with Crippen LogP contribution in [0.15, 0.2) is 24.3 Å². The van der Waals surface area contributed by atoms with E-state index in [4.69, 9.17) is 0 Å². The Morgan fingerprint density at radius 1 is 1.06 bits per heavy atom. The molecule has 86 valence electrons. The van der Waals surface area contributed by atoms with Crippen molar-refractivity contribution >= 4 is 6.08 Å². The molecule has 0 N–H and O–H groups in total. The summed E-state index contributed by atoms with van der Waals surface area (Å²) in [6, 6.07) is 6.78.